The Morgan fingerprint density at radius 2 is 1.54 bits per heavy atom. The number of amides is 1. The van der Waals surface area contributed by atoms with Crippen molar-refractivity contribution in [1.82, 2.24) is 9.62 Å². The Kier molecular flexibility index (Phi) is 7.99. The van der Waals surface area contributed by atoms with Crippen LogP contribution in [0.1, 0.15) is 5.56 Å². The van der Waals surface area contributed by atoms with Crippen LogP contribution in [-0.2, 0) is 21.2 Å². The number of nitrogens with one attached hydrogen (secondary N) is 1. The first-order chi connectivity index (χ1) is 16.9. The summed E-state index contributed by atoms with van der Waals surface area (Å²) in [5.74, 6) is -0.0310. The minimum absolute atomic E-state index is 0.133. The topological polar surface area (TPSA) is 78.9 Å². The zero-order valence-electron chi connectivity index (χ0n) is 19.3. The fraction of sp³-hybridized carbons (Fsp3) is 0.269. The van der Waals surface area contributed by atoms with E-state index in [4.69, 9.17) is 4.74 Å². The van der Waals surface area contributed by atoms with Crippen molar-refractivity contribution in [2.45, 2.75) is 11.3 Å². The Labute approximate surface area is 205 Å². The van der Waals surface area contributed by atoms with E-state index in [9.17, 15) is 17.6 Å². The summed E-state index contributed by atoms with van der Waals surface area (Å²) in [7, 11) is -3.64. The van der Waals surface area contributed by atoms with Crippen molar-refractivity contribution in [3.05, 3.63) is 90.2 Å². The number of halogens is 1. The standard InChI is InChI=1S/C26H28FN3O4S/c27-24-8-4-5-9-25(24)29-16-18-30(19-17-29)26(31)20-34-22-10-12-23(13-11-22)35(32,33)28-15-14-21-6-2-1-3-7-21/h1-13,28H,14-20H2. The van der Waals surface area contributed by atoms with Crippen LogP contribution in [0, 0.1) is 5.82 Å². The average molecular weight is 498 g/mol. The van der Waals surface area contributed by atoms with Crippen molar-refractivity contribution in [3.63, 3.8) is 0 Å². The number of nitrogens with zero attached hydrogens (tertiary/aromatic N) is 2. The number of para-hydroxylation sites is 1. The summed E-state index contributed by atoms with van der Waals surface area (Å²) in [5, 5.41) is 0. The molecule has 0 spiro atoms. The smallest absolute Gasteiger partial charge is 0.260 e. The lowest BCUT2D eigenvalue weighted by atomic mass is 10.2. The lowest BCUT2D eigenvalue weighted by Gasteiger charge is -2.36. The maximum absolute atomic E-state index is 14.0. The second-order valence-electron chi connectivity index (χ2n) is 8.21. The molecule has 1 aliphatic rings. The van der Waals surface area contributed by atoms with Gasteiger partial charge in [0.1, 0.15) is 11.6 Å². The number of hydrogen-bond donors (Lipinski definition) is 1. The molecule has 1 fully saturated rings. The molecule has 1 aliphatic heterocycles. The molecule has 0 aromatic heterocycles. The molecule has 1 N–H and O–H groups in total. The van der Waals surface area contributed by atoms with E-state index in [0.29, 0.717) is 50.6 Å². The predicted octanol–water partition coefficient (Wildman–Crippen LogP) is 3.07. The summed E-state index contributed by atoms with van der Waals surface area (Å²) >= 11 is 0. The third-order valence-electron chi connectivity index (χ3n) is 5.87. The number of ether oxygens (including phenoxy) is 1. The van der Waals surface area contributed by atoms with Gasteiger partial charge < -0.3 is 14.5 Å². The lowest BCUT2D eigenvalue weighted by molar-refractivity contribution is -0.133. The maximum atomic E-state index is 14.0. The fourth-order valence-electron chi connectivity index (χ4n) is 3.91. The van der Waals surface area contributed by atoms with Crippen molar-refractivity contribution in [1.29, 1.82) is 0 Å². The van der Waals surface area contributed by atoms with Gasteiger partial charge in [-0.1, -0.05) is 42.5 Å². The number of rotatable bonds is 9. The van der Waals surface area contributed by atoms with E-state index in [2.05, 4.69) is 4.72 Å². The highest BCUT2D eigenvalue weighted by Crippen LogP contribution is 2.20. The molecule has 0 atom stereocenters. The Morgan fingerprint density at radius 3 is 2.23 bits per heavy atom. The normalized spacial score (nSPS) is 14.1. The molecular formula is C26H28FN3O4S. The lowest BCUT2D eigenvalue weighted by Crippen LogP contribution is -2.50. The first-order valence-corrected chi connectivity index (χ1v) is 12.9. The van der Waals surface area contributed by atoms with Crippen LogP contribution >= 0.6 is 0 Å². The number of carbonyl (C=O) groups is 1. The van der Waals surface area contributed by atoms with Gasteiger partial charge in [0, 0.05) is 32.7 Å². The van der Waals surface area contributed by atoms with E-state index in [1.165, 1.54) is 30.3 Å². The molecule has 1 heterocycles. The minimum atomic E-state index is -3.64. The van der Waals surface area contributed by atoms with E-state index in [-0.39, 0.29) is 23.2 Å². The molecule has 184 valence electrons. The SMILES string of the molecule is O=C(COc1ccc(S(=O)(=O)NCCc2ccccc2)cc1)N1CCN(c2ccccc2F)CC1. The summed E-state index contributed by atoms with van der Waals surface area (Å²) in [5.41, 5.74) is 1.60. The van der Waals surface area contributed by atoms with Crippen LogP contribution in [0.2, 0.25) is 0 Å². The number of hydrogen-bond acceptors (Lipinski definition) is 5. The zero-order chi connectivity index (χ0) is 24.7. The quantitative estimate of drug-likeness (QED) is 0.492. The number of carbonyl (C=O) groups excluding carboxylic acids is 1. The minimum Gasteiger partial charge on any atom is -0.484 e. The van der Waals surface area contributed by atoms with Crippen LogP contribution < -0.4 is 14.4 Å². The molecule has 7 nitrogen and oxygen atoms in total. The molecule has 0 saturated carbocycles. The van der Waals surface area contributed by atoms with E-state index in [1.54, 1.807) is 23.1 Å². The van der Waals surface area contributed by atoms with Crippen LogP contribution in [0.3, 0.4) is 0 Å². The molecule has 1 saturated heterocycles. The van der Waals surface area contributed by atoms with Gasteiger partial charge in [-0.3, -0.25) is 4.79 Å². The van der Waals surface area contributed by atoms with Crippen LogP contribution in [0.25, 0.3) is 0 Å². The van der Waals surface area contributed by atoms with Crippen LogP contribution in [-0.4, -0.2) is 58.6 Å². The highest BCUT2D eigenvalue weighted by atomic mass is 32.2. The van der Waals surface area contributed by atoms with Gasteiger partial charge in [0.2, 0.25) is 10.0 Å². The number of sulfonamides is 1. The van der Waals surface area contributed by atoms with E-state index in [1.807, 2.05) is 35.2 Å². The molecule has 9 heteroatoms. The second-order valence-corrected chi connectivity index (χ2v) is 9.98. The van der Waals surface area contributed by atoms with Gasteiger partial charge in [0.05, 0.1) is 10.6 Å². The Balaban J connectivity index is 1.23. The second kappa shape index (κ2) is 11.3. The molecule has 0 radical (unpaired) electrons. The van der Waals surface area contributed by atoms with Gasteiger partial charge in [-0.05, 0) is 48.4 Å². The van der Waals surface area contributed by atoms with E-state index >= 15 is 0 Å². The third-order valence-corrected chi connectivity index (χ3v) is 7.35. The van der Waals surface area contributed by atoms with E-state index < -0.39 is 10.0 Å². The van der Waals surface area contributed by atoms with Crippen LogP contribution in [0.5, 0.6) is 5.75 Å². The van der Waals surface area contributed by atoms with Crippen LogP contribution in [0.15, 0.2) is 83.8 Å². The van der Waals surface area contributed by atoms with Crippen molar-refractivity contribution < 1.29 is 22.3 Å². The molecule has 0 unspecified atom stereocenters. The predicted molar refractivity (Wildman–Crippen MR) is 132 cm³/mol. The summed E-state index contributed by atoms with van der Waals surface area (Å²) in [6, 6.07) is 22.2. The van der Waals surface area contributed by atoms with Crippen molar-refractivity contribution >= 4 is 21.6 Å². The van der Waals surface area contributed by atoms with Crippen molar-refractivity contribution in [2.24, 2.45) is 0 Å². The zero-order valence-corrected chi connectivity index (χ0v) is 20.1. The third kappa shape index (κ3) is 6.58. The molecule has 1 amide bonds. The number of piperazine rings is 1. The van der Waals surface area contributed by atoms with Gasteiger partial charge in [-0.15, -0.1) is 0 Å². The first-order valence-electron chi connectivity index (χ1n) is 11.5. The molecule has 3 aromatic carbocycles. The highest BCUT2D eigenvalue weighted by molar-refractivity contribution is 7.89. The highest BCUT2D eigenvalue weighted by Gasteiger charge is 2.23. The number of anilines is 1. The largest absolute Gasteiger partial charge is 0.484 e. The summed E-state index contributed by atoms with van der Waals surface area (Å²) < 4.78 is 47.2. The van der Waals surface area contributed by atoms with Crippen LogP contribution in [0.4, 0.5) is 10.1 Å². The Bertz CT molecular complexity index is 1230. The van der Waals surface area contributed by atoms with Crippen molar-refractivity contribution in [2.75, 3.05) is 44.2 Å². The van der Waals surface area contributed by atoms with Crippen molar-refractivity contribution in [3.8, 4) is 5.75 Å². The molecular weight excluding hydrogens is 469 g/mol. The molecule has 3 aromatic rings. The summed E-state index contributed by atoms with van der Waals surface area (Å²) in [6.07, 6.45) is 0.595. The van der Waals surface area contributed by atoms with Gasteiger partial charge in [0.25, 0.3) is 5.91 Å². The summed E-state index contributed by atoms with van der Waals surface area (Å²) in [6.45, 7) is 2.17. The molecule has 0 bridgehead atoms. The van der Waals surface area contributed by atoms with Gasteiger partial charge >= 0.3 is 0 Å². The van der Waals surface area contributed by atoms with Gasteiger partial charge in [-0.25, -0.2) is 17.5 Å². The maximum Gasteiger partial charge on any atom is 0.260 e. The fourth-order valence-corrected chi connectivity index (χ4v) is 4.95. The monoisotopic (exact) mass is 497 g/mol. The molecule has 4 rings (SSSR count). The van der Waals surface area contributed by atoms with Gasteiger partial charge in [-0.2, -0.15) is 0 Å². The van der Waals surface area contributed by atoms with E-state index in [0.717, 1.165) is 5.56 Å². The molecule has 35 heavy (non-hydrogen) atoms. The molecule has 0 aliphatic carbocycles. The average Bonchev–Trinajstić information content (AvgIpc) is 2.88. The Hall–Kier alpha value is -3.43. The first kappa shape index (κ1) is 24.7. The number of benzene rings is 3. The van der Waals surface area contributed by atoms with Gasteiger partial charge in [0.15, 0.2) is 6.61 Å². The Morgan fingerprint density at radius 1 is 0.886 bits per heavy atom. The summed E-state index contributed by atoms with van der Waals surface area (Å²) in [4.78, 5) is 16.3.